The second-order valence-electron chi connectivity index (χ2n) is 5.93. The molecule has 1 aliphatic rings. The van der Waals surface area contributed by atoms with Gasteiger partial charge in [-0.15, -0.1) is 5.10 Å². The first-order valence-electron chi connectivity index (χ1n) is 7.67. The fourth-order valence-corrected chi connectivity index (χ4v) is 2.89. The summed E-state index contributed by atoms with van der Waals surface area (Å²) in [4.78, 5) is 24.8. The molecule has 1 atom stereocenters. The number of rotatable bonds is 5. The van der Waals surface area contributed by atoms with E-state index in [-0.39, 0.29) is 24.0 Å². The lowest BCUT2D eigenvalue weighted by atomic mass is 9.99. The van der Waals surface area contributed by atoms with Crippen LogP contribution in [0.25, 0.3) is 0 Å². The number of hydrogen-bond donors (Lipinski definition) is 1. The van der Waals surface area contributed by atoms with Gasteiger partial charge in [0.15, 0.2) is 5.69 Å². The van der Waals surface area contributed by atoms with Gasteiger partial charge in [0.25, 0.3) is 0 Å². The number of carbonyl (C=O) groups excluding carboxylic acids is 1. The molecular formula is C16H17FN4O3. The first-order valence-corrected chi connectivity index (χ1v) is 7.67. The summed E-state index contributed by atoms with van der Waals surface area (Å²) in [5.41, 5.74) is 0.872. The maximum absolute atomic E-state index is 12.9. The van der Waals surface area contributed by atoms with Gasteiger partial charge in [-0.1, -0.05) is 17.3 Å². The lowest BCUT2D eigenvalue weighted by molar-refractivity contribution is -0.131. The Morgan fingerprint density at radius 1 is 1.29 bits per heavy atom. The van der Waals surface area contributed by atoms with Gasteiger partial charge >= 0.3 is 5.97 Å². The van der Waals surface area contributed by atoms with E-state index >= 15 is 0 Å². The summed E-state index contributed by atoms with van der Waals surface area (Å²) in [7, 11) is 0. The minimum atomic E-state index is -1.17. The van der Waals surface area contributed by atoms with E-state index in [9.17, 15) is 14.0 Å². The maximum atomic E-state index is 12.9. The van der Waals surface area contributed by atoms with E-state index in [2.05, 4.69) is 10.3 Å². The fraction of sp³-hybridized carbons (Fsp3) is 0.375. The average molecular weight is 332 g/mol. The Kier molecular flexibility index (Phi) is 4.54. The van der Waals surface area contributed by atoms with Crippen molar-refractivity contribution in [2.24, 2.45) is 5.92 Å². The third-order valence-corrected chi connectivity index (χ3v) is 4.13. The maximum Gasteiger partial charge on any atom is 0.358 e. The van der Waals surface area contributed by atoms with Crippen molar-refractivity contribution in [3.05, 3.63) is 47.5 Å². The average Bonchev–Trinajstić information content (AvgIpc) is 3.19. The number of carboxylic acids is 1. The predicted molar refractivity (Wildman–Crippen MR) is 81.8 cm³/mol. The zero-order chi connectivity index (χ0) is 17.1. The van der Waals surface area contributed by atoms with Crippen molar-refractivity contribution in [1.82, 2.24) is 19.9 Å². The minimum absolute atomic E-state index is 0.0243. The first-order chi connectivity index (χ1) is 11.5. The summed E-state index contributed by atoms with van der Waals surface area (Å²) in [6.07, 6.45) is 2.93. The highest BCUT2D eigenvalue weighted by molar-refractivity contribution is 5.84. The quantitative estimate of drug-likeness (QED) is 0.889. The van der Waals surface area contributed by atoms with Crippen molar-refractivity contribution < 1.29 is 19.1 Å². The second-order valence-corrected chi connectivity index (χ2v) is 5.93. The van der Waals surface area contributed by atoms with Crippen LogP contribution in [0.5, 0.6) is 0 Å². The molecule has 1 unspecified atom stereocenters. The second kappa shape index (κ2) is 6.77. The van der Waals surface area contributed by atoms with Gasteiger partial charge in [-0.3, -0.25) is 4.79 Å². The molecule has 24 heavy (non-hydrogen) atoms. The molecule has 8 heteroatoms. The Hall–Kier alpha value is -2.77. The lowest BCUT2D eigenvalue weighted by Gasteiger charge is -2.16. The van der Waals surface area contributed by atoms with E-state index in [1.54, 1.807) is 17.0 Å². The number of hydrogen-bond acceptors (Lipinski definition) is 4. The van der Waals surface area contributed by atoms with Crippen LogP contribution in [-0.4, -0.2) is 50.0 Å². The predicted octanol–water partition coefficient (Wildman–Crippen LogP) is 1.21. The van der Waals surface area contributed by atoms with Gasteiger partial charge in [-0.2, -0.15) is 0 Å². The van der Waals surface area contributed by atoms with Gasteiger partial charge in [-0.25, -0.2) is 13.9 Å². The summed E-state index contributed by atoms with van der Waals surface area (Å²) in [5, 5.41) is 15.9. The van der Waals surface area contributed by atoms with Crippen LogP contribution in [0, 0.1) is 11.7 Å². The highest BCUT2D eigenvalue weighted by Crippen LogP contribution is 2.21. The molecule has 0 bridgehead atoms. The van der Waals surface area contributed by atoms with Gasteiger partial charge < -0.3 is 10.0 Å². The number of carboxylic acid groups (broad SMARTS) is 1. The molecule has 0 radical (unpaired) electrons. The molecule has 2 aromatic rings. The zero-order valence-electron chi connectivity index (χ0n) is 12.9. The van der Waals surface area contributed by atoms with E-state index in [1.807, 2.05) is 0 Å². The largest absolute Gasteiger partial charge is 0.476 e. The van der Waals surface area contributed by atoms with Crippen LogP contribution in [-0.2, 0) is 17.8 Å². The Balaban J connectivity index is 1.53. The van der Waals surface area contributed by atoms with Crippen LogP contribution >= 0.6 is 0 Å². The molecule has 1 saturated heterocycles. The van der Waals surface area contributed by atoms with E-state index in [0.29, 0.717) is 19.0 Å². The number of carbonyl (C=O) groups is 2. The number of likely N-dealkylation sites (tertiary alicyclic amines) is 1. The summed E-state index contributed by atoms with van der Waals surface area (Å²) >= 11 is 0. The number of aromatic nitrogens is 3. The molecule has 2 heterocycles. The van der Waals surface area contributed by atoms with Crippen LogP contribution in [0.15, 0.2) is 30.5 Å². The van der Waals surface area contributed by atoms with Gasteiger partial charge in [0.2, 0.25) is 5.91 Å². The molecule has 7 nitrogen and oxygen atoms in total. The molecule has 3 rings (SSSR count). The Bertz CT molecular complexity index is 744. The van der Waals surface area contributed by atoms with Crippen molar-refractivity contribution in [2.45, 2.75) is 19.4 Å². The molecule has 1 aromatic heterocycles. The fourth-order valence-electron chi connectivity index (χ4n) is 2.89. The minimum Gasteiger partial charge on any atom is -0.476 e. The SMILES string of the molecule is O=C(O)c1cn(CC(=O)N2CCC(Cc3ccc(F)cc3)C2)nn1. The van der Waals surface area contributed by atoms with E-state index in [4.69, 9.17) is 5.11 Å². The van der Waals surface area contributed by atoms with E-state index < -0.39 is 5.97 Å². The van der Waals surface area contributed by atoms with Crippen molar-refractivity contribution in [1.29, 1.82) is 0 Å². The van der Waals surface area contributed by atoms with E-state index in [0.717, 1.165) is 18.4 Å². The first kappa shape index (κ1) is 16.1. The van der Waals surface area contributed by atoms with Crippen molar-refractivity contribution in [3.63, 3.8) is 0 Å². The molecule has 1 N–H and O–H groups in total. The number of benzene rings is 1. The Morgan fingerprint density at radius 3 is 2.71 bits per heavy atom. The van der Waals surface area contributed by atoms with Gasteiger partial charge in [0.05, 0.1) is 6.20 Å². The molecule has 1 fully saturated rings. The molecule has 1 aliphatic heterocycles. The van der Waals surface area contributed by atoms with Crippen LogP contribution in [0.2, 0.25) is 0 Å². The monoisotopic (exact) mass is 332 g/mol. The number of amides is 1. The molecule has 0 saturated carbocycles. The number of aromatic carboxylic acids is 1. The van der Waals surface area contributed by atoms with Gasteiger partial charge in [0, 0.05) is 13.1 Å². The van der Waals surface area contributed by atoms with Gasteiger partial charge in [-0.05, 0) is 36.5 Å². The highest BCUT2D eigenvalue weighted by atomic mass is 19.1. The Labute approximate surface area is 137 Å². The summed E-state index contributed by atoms with van der Waals surface area (Å²) in [5.74, 6) is -1.20. The van der Waals surface area contributed by atoms with Crippen molar-refractivity contribution in [2.75, 3.05) is 13.1 Å². The molecule has 0 spiro atoms. The number of nitrogens with zero attached hydrogens (tertiary/aromatic N) is 4. The molecule has 126 valence electrons. The molecular weight excluding hydrogens is 315 g/mol. The van der Waals surface area contributed by atoms with Gasteiger partial charge in [0.1, 0.15) is 12.4 Å². The third kappa shape index (κ3) is 3.76. The zero-order valence-corrected chi connectivity index (χ0v) is 12.9. The molecule has 0 aliphatic carbocycles. The standard InChI is InChI=1S/C16H17FN4O3/c17-13-3-1-11(2-4-13)7-12-5-6-20(8-12)15(22)10-21-9-14(16(23)24)18-19-21/h1-4,9,12H,5-8,10H2,(H,23,24). The molecule has 1 amide bonds. The van der Waals surface area contributed by atoms with Crippen LogP contribution in [0.4, 0.5) is 4.39 Å². The summed E-state index contributed by atoms with van der Waals surface area (Å²) in [6.45, 7) is 1.27. The third-order valence-electron chi connectivity index (χ3n) is 4.13. The van der Waals surface area contributed by atoms with Crippen LogP contribution in [0.3, 0.4) is 0 Å². The summed E-state index contributed by atoms with van der Waals surface area (Å²) in [6, 6.07) is 6.42. The Morgan fingerprint density at radius 2 is 2.04 bits per heavy atom. The lowest BCUT2D eigenvalue weighted by Crippen LogP contribution is -2.32. The highest BCUT2D eigenvalue weighted by Gasteiger charge is 2.26. The van der Waals surface area contributed by atoms with Crippen LogP contribution < -0.4 is 0 Å². The summed E-state index contributed by atoms with van der Waals surface area (Å²) < 4.78 is 14.2. The van der Waals surface area contributed by atoms with Crippen LogP contribution in [0.1, 0.15) is 22.5 Å². The van der Waals surface area contributed by atoms with E-state index in [1.165, 1.54) is 23.0 Å². The molecule has 1 aromatic carbocycles. The topological polar surface area (TPSA) is 88.3 Å². The number of halogens is 1. The normalized spacial score (nSPS) is 17.2. The smallest absolute Gasteiger partial charge is 0.358 e. The van der Waals surface area contributed by atoms with Crippen molar-refractivity contribution in [3.8, 4) is 0 Å². The van der Waals surface area contributed by atoms with Crippen molar-refractivity contribution >= 4 is 11.9 Å².